The minimum Gasteiger partial charge on any atom is -0.508 e. The van der Waals surface area contributed by atoms with Crippen LogP contribution in [0, 0.1) is 0 Å². The lowest BCUT2D eigenvalue weighted by molar-refractivity contribution is 0.212. The van der Waals surface area contributed by atoms with Gasteiger partial charge in [0, 0.05) is 15.4 Å². The highest BCUT2D eigenvalue weighted by Crippen LogP contribution is 2.45. The van der Waals surface area contributed by atoms with Gasteiger partial charge in [0.1, 0.15) is 11.9 Å². The smallest absolute Gasteiger partial charge is 0.116 e. The Kier molecular flexibility index (Phi) is 2.16. The third-order valence-electron chi connectivity index (χ3n) is 2.72. The van der Waals surface area contributed by atoms with Crippen LogP contribution in [0.2, 0.25) is 0 Å². The van der Waals surface area contributed by atoms with Crippen molar-refractivity contribution in [2.45, 2.75) is 15.9 Å². The molecule has 1 atom stereocenters. The van der Waals surface area contributed by atoms with Gasteiger partial charge in [0.15, 0.2) is 0 Å². The van der Waals surface area contributed by atoms with Crippen LogP contribution in [-0.2, 0) is 0 Å². The first-order chi connectivity index (χ1) is 7.75. The second kappa shape index (κ2) is 3.54. The van der Waals surface area contributed by atoms with E-state index in [-0.39, 0.29) is 5.75 Å². The molecule has 0 saturated carbocycles. The lowest BCUT2D eigenvalue weighted by atomic mass is 10.0. The molecule has 16 heavy (non-hydrogen) atoms. The molecule has 1 heterocycles. The average molecular weight is 230 g/mol. The van der Waals surface area contributed by atoms with E-state index in [1.807, 2.05) is 30.3 Å². The predicted molar refractivity (Wildman–Crippen MR) is 62.7 cm³/mol. The minimum absolute atomic E-state index is 0.192. The van der Waals surface area contributed by atoms with Crippen LogP contribution in [0.15, 0.2) is 52.3 Å². The highest BCUT2D eigenvalue weighted by molar-refractivity contribution is 7.99. The maximum atomic E-state index is 10.2. The number of benzene rings is 2. The van der Waals surface area contributed by atoms with E-state index in [2.05, 4.69) is 0 Å². The molecule has 0 bridgehead atoms. The van der Waals surface area contributed by atoms with Gasteiger partial charge in [0.2, 0.25) is 0 Å². The van der Waals surface area contributed by atoms with Gasteiger partial charge in [0.25, 0.3) is 0 Å². The summed E-state index contributed by atoms with van der Waals surface area (Å²) >= 11 is 1.62. The SMILES string of the molecule is Oc1ccc2c(c1)C(O)c1ccccc1S2. The van der Waals surface area contributed by atoms with Gasteiger partial charge in [-0.1, -0.05) is 30.0 Å². The van der Waals surface area contributed by atoms with Crippen LogP contribution in [0.3, 0.4) is 0 Å². The number of phenolic OH excluding ortho intramolecular Hbond substituents is 1. The first-order valence-corrected chi connectivity index (χ1v) is 5.85. The Morgan fingerprint density at radius 1 is 0.938 bits per heavy atom. The molecule has 2 nitrogen and oxygen atoms in total. The van der Waals surface area contributed by atoms with Gasteiger partial charge in [-0.2, -0.15) is 0 Å². The third-order valence-corrected chi connectivity index (χ3v) is 3.90. The molecule has 1 aliphatic rings. The topological polar surface area (TPSA) is 40.5 Å². The van der Waals surface area contributed by atoms with Crippen molar-refractivity contribution >= 4 is 11.8 Å². The van der Waals surface area contributed by atoms with Gasteiger partial charge in [-0.05, 0) is 29.8 Å². The average Bonchev–Trinajstić information content (AvgIpc) is 2.31. The Balaban J connectivity index is 2.19. The number of aliphatic hydroxyl groups is 1. The van der Waals surface area contributed by atoms with Gasteiger partial charge < -0.3 is 10.2 Å². The monoisotopic (exact) mass is 230 g/mol. The normalized spacial score (nSPS) is 17.7. The number of aliphatic hydroxyl groups excluding tert-OH is 1. The Bertz CT molecular complexity index is 551. The largest absolute Gasteiger partial charge is 0.508 e. The van der Waals surface area contributed by atoms with E-state index >= 15 is 0 Å². The van der Waals surface area contributed by atoms with Crippen LogP contribution in [0.5, 0.6) is 5.75 Å². The van der Waals surface area contributed by atoms with Crippen molar-refractivity contribution in [3.63, 3.8) is 0 Å². The Labute approximate surface area is 97.6 Å². The van der Waals surface area contributed by atoms with Gasteiger partial charge in [-0.15, -0.1) is 0 Å². The number of hydrogen-bond acceptors (Lipinski definition) is 3. The molecule has 0 amide bonds. The van der Waals surface area contributed by atoms with E-state index < -0.39 is 6.10 Å². The molecule has 0 saturated heterocycles. The molecule has 2 aromatic carbocycles. The Morgan fingerprint density at radius 3 is 2.56 bits per heavy atom. The van der Waals surface area contributed by atoms with Gasteiger partial charge in [-0.25, -0.2) is 0 Å². The van der Waals surface area contributed by atoms with Crippen LogP contribution in [0.4, 0.5) is 0 Å². The van der Waals surface area contributed by atoms with E-state index in [1.165, 1.54) is 0 Å². The maximum Gasteiger partial charge on any atom is 0.116 e. The molecule has 0 fully saturated rings. The fourth-order valence-electron chi connectivity index (χ4n) is 1.93. The van der Waals surface area contributed by atoms with Crippen molar-refractivity contribution in [1.29, 1.82) is 0 Å². The van der Waals surface area contributed by atoms with E-state index in [9.17, 15) is 10.2 Å². The molecule has 1 aliphatic heterocycles. The summed E-state index contributed by atoms with van der Waals surface area (Å²) in [7, 11) is 0. The summed E-state index contributed by atoms with van der Waals surface area (Å²) in [5.41, 5.74) is 1.69. The number of phenols is 1. The van der Waals surface area contributed by atoms with E-state index in [0.29, 0.717) is 0 Å². The number of aromatic hydroxyl groups is 1. The lowest BCUT2D eigenvalue weighted by Crippen LogP contribution is -2.07. The quantitative estimate of drug-likeness (QED) is 0.731. The summed E-state index contributed by atoms with van der Waals surface area (Å²) in [6.07, 6.45) is -0.639. The molecule has 2 aromatic rings. The van der Waals surface area contributed by atoms with Crippen molar-refractivity contribution in [1.82, 2.24) is 0 Å². The Morgan fingerprint density at radius 2 is 1.69 bits per heavy atom. The third kappa shape index (κ3) is 1.40. The molecule has 3 rings (SSSR count). The number of fused-ring (bicyclic) bond motifs is 2. The molecular formula is C13H10O2S. The zero-order valence-corrected chi connectivity index (χ0v) is 9.24. The van der Waals surface area contributed by atoms with Crippen LogP contribution in [-0.4, -0.2) is 10.2 Å². The lowest BCUT2D eigenvalue weighted by Gasteiger charge is -2.23. The van der Waals surface area contributed by atoms with Crippen molar-refractivity contribution in [3.05, 3.63) is 53.6 Å². The summed E-state index contributed by atoms with van der Waals surface area (Å²) in [6, 6.07) is 12.9. The second-order valence-corrected chi connectivity index (χ2v) is 4.85. The summed E-state index contributed by atoms with van der Waals surface area (Å²) in [4.78, 5) is 2.08. The molecule has 2 N–H and O–H groups in total. The highest BCUT2D eigenvalue weighted by Gasteiger charge is 2.24. The van der Waals surface area contributed by atoms with Crippen LogP contribution < -0.4 is 0 Å². The minimum atomic E-state index is -0.639. The predicted octanol–water partition coefficient (Wildman–Crippen LogP) is 2.94. The Hall–Kier alpha value is -1.45. The van der Waals surface area contributed by atoms with Crippen molar-refractivity contribution in [3.8, 4) is 5.75 Å². The van der Waals surface area contributed by atoms with Gasteiger partial charge in [-0.3, -0.25) is 0 Å². The molecule has 0 aliphatic carbocycles. The maximum absolute atomic E-state index is 10.2. The number of rotatable bonds is 0. The fraction of sp³-hybridized carbons (Fsp3) is 0.0769. The molecule has 0 spiro atoms. The first kappa shape index (κ1) is 9.75. The van der Waals surface area contributed by atoms with Gasteiger partial charge >= 0.3 is 0 Å². The number of hydrogen-bond donors (Lipinski definition) is 2. The van der Waals surface area contributed by atoms with Crippen LogP contribution in [0.1, 0.15) is 17.2 Å². The molecule has 3 heteroatoms. The summed E-state index contributed by atoms with van der Waals surface area (Å²) < 4.78 is 0. The molecule has 80 valence electrons. The molecule has 0 radical (unpaired) electrons. The van der Waals surface area contributed by atoms with Crippen molar-refractivity contribution in [2.75, 3.05) is 0 Å². The van der Waals surface area contributed by atoms with E-state index in [4.69, 9.17) is 0 Å². The van der Waals surface area contributed by atoms with Crippen LogP contribution >= 0.6 is 11.8 Å². The standard InChI is InChI=1S/C13H10O2S/c14-8-5-6-12-10(7-8)13(15)9-3-1-2-4-11(9)16-12/h1-7,13-15H. The van der Waals surface area contributed by atoms with E-state index in [1.54, 1.807) is 23.9 Å². The van der Waals surface area contributed by atoms with E-state index in [0.717, 1.165) is 20.9 Å². The summed E-state index contributed by atoms with van der Waals surface area (Å²) in [5, 5.41) is 19.6. The highest BCUT2D eigenvalue weighted by atomic mass is 32.2. The van der Waals surface area contributed by atoms with Crippen LogP contribution in [0.25, 0.3) is 0 Å². The summed E-state index contributed by atoms with van der Waals surface area (Å²) in [5.74, 6) is 0.192. The molecule has 0 aromatic heterocycles. The second-order valence-electron chi connectivity index (χ2n) is 3.76. The van der Waals surface area contributed by atoms with Gasteiger partial charge in [0.05, 0.1) is 0 Å². The molecular weight excluding hydrogens is 220 g/mol. The zero-order valence-electron chi connectivity index (χ0n) is 8.42. The first-order valence-electron chi connectivity index (χ1n) is 5.03. The van der Waals surface area contributed by atoms with Crippen molar-refractivity contribution in [2.24, 2.45) is 0 Å². The molecule has 1 unspecified atom stereocenters. The van der Waals surface area contributed by atoms with Crippen molar-refractivity contribution < 1.29 is 10.2 Å². The summed E-state index contributed by atoms with van der Waals surface area (Å²) in [6.45, 7) is 0. The fourth-order valence-corrected chi connectivity index (χ4v) is 3.03. The zero-order chi connectivity index (χ0) is 11.1.